The monoisotopic (exact) mass is 340 g/mol. The Balaban J connectivity index is 2.84. The van der Waals surface area contributed by atoms with Crippen molar-refractivity contribution < 1.29 is 22.7 Å². The number of nitrogens with one attached hydrogen (secondary N) is 1. The minimum absolute atomic E-state index is 0.0215. The second kappa shape index (κ2) is 5.36. The van der Waals surface area contributed by atoms with E-state index in [1.165, 1.54) is 0 Å². The molecule has 0 saturated carbocycles. The summed E-state index contributed by atoms with van der Waals surface area (Å²) in [7, 11) is 0. The molecule has 0 fully saturated rings. The minimum Gasteiger partial charge on any atom is -0.444 e. The van der Waals surface area contributed by atoms with Gasteiger partial charge in [-0.2, -0.15) is 13.2 Å². The molecule has 1 aromatic rings. The molecule has 0 aromatic carbocycles. The van der Waals surface area contributed by atoms with Gasteiger partial charge in [-0.1, -0.05) is 0 Å². The van der Waals surface area contributed by atoms with Gasteiger partial charge in [0.1, 0.15) is 11.4 Å². The van der Waals surface area contributed by atoms with Crippen LogP contribution in [0.5, 0.6) is 0 Å². The van der Waals surface area contributed by atoms with E-state index in [4.69, 9.17) is 4.74 Å². The first-order valence-corrected chi connectivity index (χ1v) is 6.01. The lowest BCUT2D eigenvalue weighted by molar-refractivity contribution is -0.137. The molecular formula is C11H12BrF3N2O2. The largest absolute Gasteiger partial charge is 0.444 e. The number of nitrogens with zero attached hydrogens (tertiary/aromatic N) is 1. The summed E-state index contributed by atoms with van der Waals surface area (Å²) in [5.74, 6) is -0.0396. The van der Waals surface area contributed by atoms with Crippen molar-refractivity contribution in [1.29, 1.82) is 0 Å². The molecule has 19 heavy (non-hydrogen) atoms. The highest BCUT2D eigenvalue weighted by atomic mass is 79.9. The number of anilines is 1. The van der Waals surface area contributed by atoms with Gasteiger partial charge in [0.2, 0.25) is 0 Å². The molecular weight excluding hydrogens is 329 g/mol. The Morgan fingerprint density at radius 3 is 2.37 bits per heavy atom. The second-order valence-electron chi connectivity index (χ2n) is 4.68. The number of hydrogen-bond acceptors (Lipinski definition) is 3. The third-order valence-electron chi connectivity index (χ3n) is 1.79. The molecule has 106 valence electrons. The van der Waals surface area contributed by atoms with E-state index in [0.717, 1.165) is 6.07 Å². The lowest BCUT2D eigenvalue weighted by atomic mass is 10.2. The van der Waals surface area contributed by atoms with E-state index in [0.29, 0.717) is 6.20 Å². The Bertz CT molecular complexity index is 484. The summed E-state index contributed by atoms with van der Waals surface area (Å²) >= 11 is 2.91. The highest BCUT2D eigenvalue weighted by Gasteiger charge is 2.31. The minimum atomic E-state index is -4.49. The normalized spacial score (nSPS) is 12.2. The molecule has 0 bridgehead atoms. The molecule has 0 saturated heterocycles. The van der Waals surface area contributed by atoms with Crippen LogP contribution < -0.4 is 5.32 Å². The fourth-order valence-electron chi connectivity index (χ4n) is 1.09. The first-order valence-electron chi connectivity index (χ1n) is 5.22. The van der Waals surface area contributed by atoms with Crippen LogP contribution in [-0.4, -0.2) is 16.7 Å². The van der Waals surface area contributed by atoms with Crippen LogP contribution in [0.3, 0.4) is 0 Å². The van der Waals surface area contributed by atoms with Crippen molar-refractivity contribution in [2.45, 2.75) is 32.5 Å². The van der Waals surface area contributed by atoms with Gasteiger partial charge in [0, 0.05) is 6.20 Å². The summed E-state index contributed by atoms with van der Waals surface area (Å²) in [5.41, 5.74) is -1.61. The van der Waals surface area contributed by atoms with E-state index in [1.54, 1.807) is 20.8 Å². The van der Waals surface area contributed by atoms with Crippen LogP contribution in [0, 0.1) is 0 Å². The van der Waals surface area contributed by atoms with E-state index in [1.807, 2.05) is 0 Å². The van der Waals surface area contributed by atoms with Gasteiger partial charge in [0.25, 0.3) is 0 Å². The van der Waals surface area contributed by atoms with E-state index >= 15 is 0 Å². The molecule has 1 rings (SSSR count). The van der Waals surface area contributed by atoms with Crippen molar-refractivity contribution in [1.82, 2.24) is 4.98 Å². The Hall–Kier alpha value is -1.31. The number of amides is 1. The van der Waals surface area contributed by atoms with E-state index in [9.17, 15) is 18.0 Å². The lowest BCUT2D eigenvalue weighted by Crippen LogP contribution is -2.27. The Kier molecular flexibility index (Phi) is 4.44. The summed E-state index contributed by atoms with van der Waals surface area (Å²) in [6, 6.07) is 0.833. The Morgan fingerprint density at radius 1 is 1.37 bits per heavy atom. The molecule has 0 aliphatic carbocycles. The number of rotatable bonds is 1. The number of aromatic nitrogens is 1. The molecule has 4 nitrogen and oxygen atoms in total. The zero-order chi connectivity index (χ0) is 14.8. The van der Waals surface area contributed by atoms with E-state index in [2.05, 4.69) is 26.2 Å². The molecule has 0 aliphatic heterocycles. The summed E-state index contributed by atoms with van der Waals surface area (Å²) in [6.45, 7) is 5.01. The smallest absolute Gasteiger partial charge is 0.417 e. The zero-order valence-electron chi connectivity index (χ0n) is 10.4. The van der Waals surface area contributed by atoms with Crippen LogP contribution in [0.25, 0.3) is 0 Å². The molecule has 1 amide bonds. The molecule has 8 heteroatoms. The number of hydrogen-bond donors (Lipinski definition) is 1. The summed E-state index contributed by atoms with van der Waals surface area (Å²) in [5, 5.41) is 2.26. The predicted octanol–water partition coefficient (Wildman–Crippen LogP) is 4.21. The highest BCUT2D eigenvalue weighted by molar-refractivity contribution is 9.10. The van der Waals surface area contributed by atoms with Crippen LogP contribution >= 0.6 is 15.9 Å². The maximum absolute atomic E-state index is 12.4. The number of pyridine rings is 1. The maximum Gasteiger partial charge on any atom is 0.417 e. The van der Waals surface area contributed by atoms with Crippen molar-refractivity contribution in [2.75, 3.05) is 5.32 Å². The molecule has 1 aromatic heterocycles. The van der Waals surface area contributed by atoms with Gasteiger partial charge in [-0.15, -0.1) is 0 Å². The molecule has 0 unspecified atom stereocenters. The SMILES string of the molecule is CC(C)(C)OC(=O)Nc1ncc(C(F)(F)F)cc1Br. The number of alkyl halides is 3. The number of carbonyl (C=O) groups excluding carboxylic acids is 1. The van der Waals surface area contributed by atoms with Crippen LogP contribution in [0.1, 0.15) is 26.3 Å². The lowest BCUT2D eigenvalue weighted by Gasteiger charge is -2.19. The molecule has 0 spiro atoms. The molecule has 0 atom stereocenters. The average molecular weight is 341 g/mol. The standard InChI is InChI=1S/C11H12BrF3N2O2/c1-10(2,3)19-9(18)17-8-7(12)4-6(5-16-8)11(13,14)15/h4-5H,1-3H3,(H,16,17,18). The number of halogens is 4. The zero-order valence-corrected chi connectivity index (χ0v) is 12.0. The summed E-state index contributed by atoms with van der Waals surface area (Å²) in [6.07, 6.45) is -4.64. The van der Waals surface area contributed by atoms with Gasteiger partial charge in [-0.05, 0) is 42.8 Å². The fourth-order valence-corrected chi connectivity index (χ4v) is 1.53. The topological polar surface area (TPSA) is 51.2 Å². The van der Waals surface area contributed by atoms with E-state index in [-0.39, 0.29) is 10.3 Å². The van der Waals surface area contributed by atoms with Gasteiger partial charge in [0.15, 0.2) is 0 Å². The van der Waals surface area contributed by atoms with Gasteiger partial charge in [-0.3, -0.25) is 5.32 Å². The predicted molar refractivity (Wildman–Crippen MR) is 66.8 cm³/mol. The summed E-state index contributed by atoms with van der Waals surface area (Å²) < 4.78 is 42.2. The van der Waals surface area contributed by atoms with Crippen molar-refractivity contribution in [3.8, 4) is 0 Å². The van der Waals surface area contributed by atoms with Gasteiger partial charge in [-0.25, -0.2) is 9.78 Å². The van der Waals surface area contributed by atoms with Crippen LogP contribution in [-0.2, 0) is 10.9 Å². The van der Waals surface area contributed by atoms with Crippen molar-refractivity contribution in [3.05, 3.63) is 22.3 Å². The number of ether oxygens (including phenoxy) is 1. The fraction of sp³-hybridized carbons (Fsp3) is 0.455. The number of carbonyl (C=O) groups is 1. The first kappa shape index (κ1) is 15.7. The third-order valence-corrected chi connectivity index (χ3v) is 2.39. The summed E-state index contributed by atoms with van der Waals surface area (Å²) in [4.78, 5) is 15.0. The Morgan fingerprint density at radius 2 is 1.95 bits per heavy atom. The molecule has 0 radical (unpaired) electrons. The van der Waals surface area contributed by atoms with Crippen LogP contribution in [0.15, 0.2) is 16.7 Å². The molecule has 0 aliphatic rings. The van der Waals surface area contributed by atoms with Crippen molar-refractivity contribution in [2.24, 2.45) is 0 Å². The molecule has 1 heterocycles. The van der Waals surface area contributed by atoms with Crippen LogP contribution in [0.4, 0.5) is 23.8 Å². The second-order valence-corrected chi connectivity index (χ2v) is 5.53. The van der Waals surface area contributed by atoms with E-state index < -0.39 is 23.4 Å². The average Bonchev–Trinajstić information content (AvgIpc) is 2.16. The van der Waals surface area contributed by atoms with Gasteiger partial charge >= 0.3 is 12.3 Å². The molecule has 1 N–H and O–H groups in total. The van der Waals surface area contributed by atoms with Crippen molar-refractivity contribution in [3.63, 3.8) is 0 Å². The van der Waals surface area contributed by atoms with Crippen molar-refractivity contribution >= 4 is 27.8 Å². The quantitative estimate of drug-likeness (QED) is 0.833. The first-order chi connectivity index (χ1) is 8.49. The highest BCUT2D eigenvalue weighted by Crippen LogP contribution is 2.32. The maximum atomic E-state index is 12.4. The van der Waals surface area contributed by atoms with Gasteiger partial charge < -0.3 is 4.74 Å². The van der Waals surface area contributed by atoms with Gasteiger partial charge in [0.05, 0.1) is 10.0 Å². The third kappa shape index (κ3) is 5.06. The van der Waals surface area contributed by atoms with Crippen LogP contribution in [0.2, 0.25) is 0 Å². The Labute approximate surface area is 116 Å².